The molecule has 0 radical (unpaired) electrons. The van der Waals surface area contributed by atoms with Crippen LogP contribution in [0.5, 0.6) is 0 Å². The van der Waals surface area contributed by atoms with Gasteiger partial charge < -0.3 is 28.8 Å². The fourth-order valence-corrected chi connectivity index (χ4v) is 5.94. The Morgan fingerprint density at radius 1 is 1.24 bits per heavy atom. The largest absolute Gasteiger partial charge is 0.459 e. The van der Waals surface area contributed by atoms with E-state index in [0.717, 1.165) is 11.1 Å². The molecule has 0 aromatic carbocycles. The number of hydrogen-bond donors (Lipinski definition) is 1. The normalized spacial score (nSPS) is 47.9. The van der Waals surface area contributed by atoms with Crippen LogP contribution in [0.25, 0.3) is 0 Å². The summed E-state index contributed by atoms with van der Waals surface area (Å²) in [6.45, 7) is 10.1. The molecule has 4 aliphatic rings. The van der Waals surface area contributed by atoms with E-state index in [9.17, 15) is 14.7 Å². The van der Waals surface area contributed by atoms with Gasteiger partial charge >= 0.3 is 11.9 Å². The molecule has 162 valence electrons. The van der Waals surface area contributed by atoms with Crippen molar-refractivity contribution in [3.8, 4) is 0 Å². The summed E-state index contributed by atoms with van der Waals surface area (Å²) in [5.74, 6) is -2.47. The highest BCUT2D eigenvalue weighted by Crippen LogP contribution is 2.60. The van der Waals surface area contributed by atoms with Crippen LogP contribution in [-0.2, 0) is 33.3 Å². The first-order chi connectivity index (χ1) is 13.3. The summed E-state index contributed by atoms with van der Waals surface area (Å²) in [4.78, 5) is 25.0. The zero-order chi connectivity index (χ0) is 21.6. The molecule has 29 heavy (non-hydrogen) atoms. The molecule has 2 aliphatic carbocycles. The maximum absolute atomic E-state index is 13.0. The van der Waals surface area contributed by atoms with Crippen LogP contribution in [0.3, 0.4) is 0 Å². The Kier molecular flexibility index (Phi) is 4.32. The van der Waals surface area contributed by atoms with Crippen molar-refractivity contribution in [2.75, 3.05) is 7.11 Å². The highest BCUT2D eigenvalue weighted by Gasteiger charge is 2.78. The van der Waals surface area contributed by atoms with Crippen LogP contribution < -0.4 is 0 Å². The van der Waals surface area contributed by atoms with Gasteiger partial charge in [0.15, 0.2) is 17.5 Å². The smallest absolute Gasteiger partial charge is 0.342 e. The Labute approximate surface area is 170 Å². The summed E-state index contributed by atoms with van der Waals surface area (Å²) in [5, 5.41) is 12.0. The Hall–Kier alpha value is -1.48. The number of aliphatic hydroxyl groups is 1. The quantitative estimate of drug-likeness (QED) is 0.542. The topological polar surface area (TPSA) is 101 Å². The predicted molar refractivity (Wildman–Crippen MR) is 99.7 cm³/mol. The van der Waals surface area contributed by atoms with Crippen LogP contribution in [0.4, 0.5) is 0 Å². The van der Waals surface area contributed by atoms with Crippen molar-refractivity contribution in [2.45, 2.75) is 95.3 Å². The lowest BCUT2D eigenvalue weighted by atomic mass is 9.74. The zero-order valence-electron chi connectivity index (χ0n) is 18.0. The van der Waals surface area contributed by atoms with E-state index >= 15 is 0 Å². The van der Waals surface area contributed by atoms with Crippen molar-refractivity contribution in [3.63, 3.8) is 0 Å². The molecule has 2 aliphatic heterocycles. The summed E-state index contributed by atoms with van der Waals surface area (Å²) in [5.41, 5.74) is -2.75. The summed E-state index contributed by atoms with van der Waals surface area (Å²) in [6.07, 6.45) is -1.29. The number of fused-ring (bicyclic) bond motifs is 2. The second-order valence-corrected chi connectivity index (χ2v) is 9.51. The van der Waals surface area contributed by atoms with Crippen molar-refractivity contribution >= 4 is 11.9 Å². The lowest BCUT2D eigenvalue weighted by Gasteiger charge is -2.52. The van der Waals surface area contributed by atoms with Crippen LogP contribution >= 0.6 is 0 Å². The molecule has 1 saturated carbocycles. The lowest BCUT2D eigenvalue weighted by molar-refractivity contribution is -0.381. The van der Waals surface area contributed by atoms with Crippen molar-refractivity contribution in [1.29, 1.82) is 0 Å². The van der Waals surface area contributed by atoms with E-state index in [0.29, 0.717) is 6.42 Å². The third kappa shape index (κ3) is 2.59. The predicted octanol–water partition coefficient (Wildman–Crippen LogP) is 1.63. The molecule has 3 fully saturated rings. The number of ether oxygens (including phenoxy) is 5. The van der Waals surface area contributed by atoms with Gasteiger partial charge in [-0.25, -0.2) is 4.79 Å². The van der Waals surface area contributed by atoms with Crippen LogP contribution in [0, 0.1) is 5.92 Å². The highest BCUT2D eigenvalue weighted by atomic mass is 16.8. The van der Waals surface area contributed by atoms with E-state index in [1.54, 1.807) is 27.9 Å². The molecule has 7 atom stereocenters. The molecule has 0 aromatic rings. The van der Waals surface area contributed by atoms with Crippen LogP contribution in [0.1, 0.15) is 54.4 Å². The second kappa shape index (κ2) is 6.03. The maximum atomic E-state index is 13.0. The van der Waals surface area contributed by atoms with Crippen LogP contribution in [0.2, 0.25) is 0 Å². The summed E-state index contributed by atoms with van der Waals surface area (Å²) < 4.78 is 29.4. The van der Waals surface area contributed by atoms with Crippen molar-refractivity contribution in [3.05, 3.63) is 11.1 Å². The van der Waals surface area contributed by atoms with Crippen molar-refractivity contribution < 1.29 is 38.4 Å². The van der Waals surface area contributed by atoms with E-state index in [2.05, 4.69) is 0 Å². The van der Waals surface area contributed by atoms with E-state index in [-0.39, 0.29) is 18.4 Å². The Balaban J connectivity index is 1.95. The van der Waals surface area contributed by atoms with E-state index in [4.69, 9.17) is 23.7 Å². The van der Waals surface area contributed by atoms with Gasteiger partial charge in [0.05, 0.1) is 6.10 Å². The van der Waals surface area contributed by atoms with Gasteiger partial charge in [-0.3, -0.25) is 4.79 Å². The lowest BCUT2D eigenvalue weighted by Crippen LogP contribution is -2.72. The SMILES string of the molecule is COC1C[C@H]2C(=C1C)[C@@H]1OC(=O)[C@@]3(C)OC(C)(C)O[C@@H](C[C@]2(C)OC(C)=O)[C@@]13O. The van der Waals surface area contributed by atoms with Crippen molar-refractivity contribution in [2.24, 2.45) is 5.92 Å². The third-order valence-electron chi connectivity index (χ3n) is 7.18. The molecule has 0 bridgehead atoms. The Bertz CT molecular complexity index is 803. The van der Waals surface area contributed by atoms with Gasteiger partial charge in [-0.15, -0.1) is 0 Å². The molecule has 0 amide bonds. The first-order valence-electron chi connectivity index (χ1n) is 10.0. The fourth-order valence-electron chi connectivity index (χ4n) is 5.94. The fraction of sp³-hybridized carbons (Fsp3) is 0.810. The molecule has 1 unspecified atom stereocenters. The van der Waals surface area contributed by atoms with Gasteiger partial charge in [-0.1, -0.05) is 0 Å². The monoisotopic (exact) mass is 410 g/mol. The first kappa shape index (κ1) is 20.8. The molecule has 1 N–H and O–H groups in total. The van der Waals surface area contributed by atoms with Gasteiger partial charge in [0.25, 0.3) is 0 Å². The average molecular weight is 410 g/mol. The number of methoxy groups -OCH3 is 1. The van der Waals surface area contributed by atoms with Gasteiger partial charge in [-0.2, -0.15) is 0 Å². The number of carbonyl (C=O) groups excluding carboxylic acids is 2. The molecule has 8 nitrogen and oxygen atoms in total. The Morgan fingerprint density at radius 3 is 2.48 bits per heavy atom. The number of carbonyl (C=O) groups is 2. The summed E-state index contributed by atoms with van der Waals surface area (Å²) >= 11 is 0. The molecular formula is C21H30O8. The second-order valence-electron chi connectivity index (χ2n) is 9.51. The highest BCUT2D eigenvalue weighted by molar-refractivity contribution is 5.85. The molecule has 8 heteroatoms. The standard InChI is InChI=1S/C21H30O8/c1-10-13(25-7)8-12-15(10)16-21(24)14(9-19(12,5)27-11(2)22)28-18(3,4)29-20(21,6)17(23)26-16/h12-14,16,24H,8-9H2,1-7H3/t12-,13?,14-,16-,19-,20+,21+/m0/s1. The molecule has 0 spiro atoms. The molecule has 2 heterocycles. The molecular weight excluding hydrogens is 380 g/mol. The van der Waals surface area contributed by atoms with Crippen molar-refractivity contribution in [1.82, 2.24) is 0 Å². The number of hydrogen-bond acceptors (Lipinski definition) is 8. The summed E-state index contributed by atoms with van der Waals surface area (Å²) in [7, 11) is 1.61. The molecule has 0 aromatic heterocycles. The third-order valence-corrected chi connectivity index (χ3v) is 7.18. The number of esters is 2. The maximum Gasteiger partial charge on any atom is 0.342 e. The first-order valence-corrected chi connectivity index (χ1v) is 10.0. The minimum Gasteiger partial charge on any atom is -0.459 e. The average Bonchev–Trinajstić information content (AvgIpc) is 2.98. The van der Waals surface area contributed by atoms with Gasteiger partial charge in [-0.05, 0) is 52.2 Å². The van der Waals surface area contributed by atoms with E-state index < -0.39 is 46.7 Å². The van der Waals surface area contributed by atoms with Gasteiger partial charge in [0.1, 0.15) is 11.7 Å². The molecule has 4 rings (SSSR count). The minimum absolute atomic E-state index is 0.191. The molecule has 2 saturated heterocycles. The van der Waals surface area contributed by atoms with Crippen LogP contribution in [-0.4, -0.2) is 65.1 Å². The van der Waals surface area contributed by atoms with Gasteiger partial charge in [0, 0.05) is 26.4 Å². The van der Waals surface area contributed by atoms with E-state index in [1.807, 2.05) is 13.8 Å². The Morgan fingerprint density at radius 2 is 1.90 bits per heavy atom. The van der Waals surface area contributed by atoms with E-state index in [1.165, 1.54) is 6.92 Å². The zero-order valence-corrected chi connectivity index (χ0v) is 18.0. The summed E-state index contributed by atoms with van der Waals surface area (Å²) in [6, 6.07) is 0. The van der Waals surface area contributed by atoms with Gasteiger partial charge in [0.2, 0.25) is 5.60 Å². The minimum atomic E-state index is -1.77. The number of rotatable bonds is 2. The van der Waals surface area contributed by atoms with Crippen LogP contribution in [0.15, 0.2) is 11.1 Å².